The second kappa shape index (κ2) is 7.82. The van der Waals surface area contributed by atoms with E-state index < -0.39 is 11.7 Å². The third-order valence-corrected chi connectivity index (χ3v) is 3.23. The van der Waals surface area contributed by atoms with Gasteiger partial charge in [-0.25, -0.2) is 0 Å². The summed E-state index contributed by atoms with van der Waals surface area (Å²) in [6.45, 7) is 0. The van der Waals surface area contributed by atoms with Gasteiger partial charge in [-0.1, -0.05) is 0 Å². The van der Waals surface area contributed by atoms with Gasteiger partial charge >= 0.3 is 0 Å². The standard InChI is InChI=1S/C18H17NO5/c1-23-14-7-3-12(4-8-14)16(20)11-17(21)18(22)19-13-5-9-15(24-2)10-6-13/h3-11,20H,1-2H3,(H,19,22)/b16-11-. The molecule has 0 atom stereocenters. The number of anilines is 1. The number of hydrogen-bond acceptors (Lipinski definition) is 5. The van der Waals surface area contributed by atoms with Crippen LogP contribution < -0.4 is 14.8 Å². The second-order valence-corrected chi connectivity index (χ2v) is 4.80. The fraction of sp³-hybridized carbons (Fsp3) is 0.111. The number of amides is 1. The molecule has 0 aliphatic heterocycles. The number of benzene rings is 2. The van der Waals surface area contributed by atoms with Crippen LogP contribution in [0.25, 0.3) is 5.76 Å². The van der Waals surface area contributed by atoms with E-state index in [1.165, 1.54) is 14.2 Å². The lowest BCUT2D eigenvalue weighted by Gasteiger charge is -2.05. The lowest BCUT2D eigenvalue weighted by Crippen LogP contribution is -2.21. The van der Waals surface area contributed by atoms with Gasteiger partial charge in [0.1, 0.15) is 17.3 Å². The maximum absolute atomic E-state index is 11.9. The van der Waals surface area contributed by atoms with Crippen LogP contribution in [0, 0.1) is 0 Å². The summed E-state index contributed by atoms with van der Waals surface area (Å²) >= 11 is 0. The molecule has 2 N–H and O–H groups in total. The van der Waals surface area contributed by atoms with Crippen molar-refractivity contribution in [2.75, 3.05) is 19.5 Å². The van der Waals surface area contributed by atoms with Crippen LogP contribution in [0.1, 0.15) is 5.56 Å². The largest absolute Gasteiger partial charge is 0.507 e. The molecule has 2 aromatic rings. The van der Waals surface area contributed by atoms with E-state index in [1.54, 1.807) is 48.5 Å². The molecule has 0 saturated carbocycles. The van der Waals surface area contributed by atoms with Crippen molar-refractivity contribution in [3.8, 4) is 11.5 Å². The van der Waals surface area contributed by atoms with Crippen molar-refractivity contribution in [3.05, 3.63) is 60.2 Å². The van der Waals surface area contributed by atoms with Gasteiger partial charge in [-0.2, -0.15) is 0 Å². The Kier molecular flexibility index (Phi) is 5.57. The van der Waals surface area contributed by atoms with E-state index in [-0.39, 0.29) is 5.76 Å². The van der Waals surface area contributed by atoms with Crippen molar-refractivity contribution in [2.24, 2.45) is 0 Å². The number of carbonyl (C=O) groups excluding carboxylic acids is 2. The van der Waals surface area contributed by atoms with Gasteiger partial charge in [-0.05, 0) is 48.5 Å². The highest BCUT2D eigenvalue weighted by Gasteiger charge is 2.13. The zero-order valence-electron chi connectivity index (χ0n) is 13.3. The smallest absolute Gasteiger partial charge is 0.296 e. The van der Waals surface area contributed by atoms with Crippen LogP contribution in [0.3, 0.4) is 0 Å². The van der Waals surface area contributed by atoms with E-state index >= 15 is 0 Å². The van der Waals surface area contributed by atoms with Gasteiger partial charge in [-0.15, -0.1) is 0 Å². The van der Waals surface area contributed by atoms with Crippen LogP contribution in [0.15, 0.2) is 54.6 Å². The summed E-state index contributed by atoms with van der Waals surface area (Å²) in [7, 11) is 3.06. The first-order chi connectivity index (χ1) is 11.5. The molecule has 0 bridgehead atoms. The number of methoxy groups -OCH3 is 2. The Balaban J connectivity index is 2.04. The van der Waals surface area contributed by atoms with Crippen LogP contribution in [0.4, 0.5) is 5.69 Å². The number of ketones is 1. The maximum Gasteiger partial charge on any atom is 0.296 e. The quantitative estimate of drug-likeness (QED) is 0.484. The van der Waals surface area contributed by atoms with Gasteiger partial charge in [0.25, 0.3) is 5.91 Å². The minimum atomic E-state index is -0.862. The third-order valence-electron chi connectivity index (χ3n) is 3.23. The summed E-state index contributed by atoms with van der Waals surface area (Å²) in [6, 6.07) is 13.0. The number of carbonyl (C=O) groups is 2. The van der Waals surface area contributed by atoms with Crippen molar-refractivity contribution in [1.82, 2.24) is 0 Å². The third kappa shape index (κ3) is 4.36. The zero-order chi connectivity index (χ0) is 17.5. The van der Waals surface area contributed by atoms with Gasteiger partial charge < -0.3 is 19.9 Å². The summed E-state index contributed by atoms with van der Waals surface area (Å²) in [5.41, 5.74) is 0.855. The number of ether oxygens (including phenoxy) is 2. The molecule has 0 fully saturated rings. The Hall–Kier alpha value is -3.28. The van der Waals surface area contributed by atoms with Gasteiger partial charge in [0, 0.05) is 17.3 Å². The molecule has 6 nitrogen and oxygen atoms in total. The van der Waals surface area contributed by atoms with E-state index in [4.69, 9.17) is 9.47 Å². The summed E-state index contributed by atoms with van der Waals surface area (Å²) in [6.07, 6.45) is 0.876. The predicted octanol–water partition coefficient (Wildman–Crippen LogP) is 2.81. The van der Waals surface area contributed by atoms with E-state index in [0.717, 1.165) is 6.08 Å². The molecule has 6 heteroatoms. The molecule has 0 aliphatic carbocycles. The molecule has 124 valence electrons. The maximum atomic E-state index is 11.9. The van der Waals surface area contributed by atoms with Crippen molar-refractivity contribution in [3.63, 3.8) is 0 Å². The van der Waals surface area contributed by atoms with Crippen molar-refractivity contribution >= 4 is 23.1 Å². The number of rotatable bonds is 6. The van der Waals surface area contributed by atoms with Gasteiger partial charge in [0.2, 0.25) is 5.78 Å². The first-order valence-electron chi connectivity index (χ1n) is 7.08. The molecule has 1 amide bonds. The molecule has 0 aliphatic rings. The fourth-order valence-corrected chi connectivity index (χ4v) is 1.90. The van der Waals surface area contributed by atoms with E-state index in [0.29, 0.717) is 22.7 Å². The van der Waals surface area contributed by atoms with E-state index in [2.05, 4.69) is 5.32 Å². The zero-order valence-corrected chi connectivity index (χ0v) is 13.3. The fourth-order valence-electron chi connectivity index (χ4n) is 1.90. The van der Waals surface area contributed by atoms with Gasteiger partial charge in [0.15, 0.2) is 0 Å². The molecule has 0 unspecified atom stereocenters. The molecular formula is C18H17NO5. The normalized spacial score (nSPS) is 10.8. The Morgan fingerprint density at radius 3 is 1.92 bits per heavy atom. The second-order valence-electron chi connectivity index (χ2n) is 4.80. The lowest BCUT2D eigenvalue weighted by atomic mass is 10.1. The molecule has 0 aromatic heterocycles. The Bertz CT molecular complexity index is 748. The first kappa shape index (κ1) is 17.1. The summed E-state index contributed by atoms with van der Waals surface area (Å²) in [4.78, 5) is 23.7. The highest BCUT2D eigenvalue weighted by molar-refractivity contribution is 6.45. The van der Waals surface area contributed by atoms with Crippen molar-refractivity contribution in [1.29, 1.82) is 0 Å². The summed E-state index contributed by atoms with van der Waals surface area (Å²) < 4.78 is 10.0. The van der Waals surface area contributed by atoms with Crippen LogP contribution in [0.5, 0.6) is 11.5 Å². The molecule has 0 heterocycles. The average Bonchev–Trinajstić information content (AvgIpc) is 2.62. The Morgan fingerprint density at radius 1 is 0.917 bits per heavy atom. The van der Waals surface area contributed by atoms with Crippen LogP contribution in [0.2, 0.25) is 0 Å². The van der Waals surface area contributed by atoms with E-state index in [9.17, 15) is 14.7 Å². The highest BCUT2D eigenvalue weighted by Crippen LogP contribution is 2.17. The van der Waals surface area contributed by atoms with E-state index in [1.807, 2.05) is 0 Å². The van der Waals surface area contributed by atoms with Crippen LogP contribution in [-0.4, -0.2) is 31.0 Å². The van der Waals surface area contributed by atoms with Gasteiger partial charge in [-0.3, -0.25) is 9.59 Å². The van der Waals surface area contributed by atoms with Gasteiger partial charge in [0.05, 0.1) is 14.2 Å². The predicted molar refractivity (Wildman–Crippen MR) is 90.2 cm³/mol. The number of hydrogen-bond donors (Lipinski definition) is 2. The monoisotopic (exact) mass is 327 g/mol. The lowest BCUT2D eigenvalue weighted by molar-refractivity contribution is -0.131. The molecule has 0 radical (unpaired) electrons. The topological polar surface area (TPSA) is 84.9 Å². The van der Waals surface area contributed by atoms with Crippen LogP contribution >= 0.6 is 0 Å². The Morgan fingerprint density at radius 2 is 1.42 bits per heavy atom. The number of nitrogens with one attached hydrogen (secondary N) is 1. The number of aliphatic hydroxyl groups excluding tert-OH is 1. The molecule has 24 heavy (non-hydrogen) atoms. The Labute approximate surface area is 139 Å². The number of aliphatic hydroxyl groups is 1. The molecule has 2 aromatic carbocycles. The minimum Gasteiger partial charge on any atom is -0.507 e. The van der Waals surface area contributed by atoms with Crippen molar-refractivity contribution in [2.45, 2.75) is 0 Å². The summed E-state index contributed by atoms with van der Waals surface area (Å²) in [5.74, 6) is -0.751. The first-order valence-corrected chi connectivity index (χ1v) is 7.08. The van der Waals surface area contributed by atoms with Crippen LogP contribution in [-0.2, 0) is 9.59 Å². The average molecular weight is 327 g/mol. The molecular weight excluding hydrogens is 310 g/mol. The SMILES string of the molecule is COc1ccc(NC(=O)C(=O)/C=C(\O)c2ccc(OC)cc2)cc1. The highest BCUT2D eigenvalue weighted by atomic mass is 16.5. The molecule has 2 rings (SSSR count). The van der Waals surface area contributed by atoms with Crippen molar-refractivity contribution < 1.29 is 24.2 Å². The summed E-state index contributed by atoms with van der Waals surface area (Å²) in [5, 5.41) is 12.4. The molecule has 0 spiro atoms. The molecule has 0 saturated heterocycles. The minimum absolute atomic E-state index is 0.299.